The minimum Gasteiger partial charge on any atom is -0.469 e. The summed E-state index contributed by atoms with van der Waals surface area (Å²) in [4.78, 5) is 34.4. The second kappa shape index (κ2) is 5.85. The number of esters is 1. The summed E-state index contributed by atoms with van der Waals surface area (Å²) in [6.45, 7) is 1.70. The molecule has 0 aliphatic heterocycles. The zero-order valence-electron chi connectivity index (χ0n) is 10.7. The number of rotatable bonds is 4. The third kappa shape index (κ3) is 3.00. The molecule has 0 saturated heterocycles. The van der Waals surface area contributed by atoms with E-state index in [-0.39, 0.29) is 16.9 Å². The Hall–Kier alpha value is -1.57. The van der Waals surface area contributed by atoms with Crippen molar-refractivity contribution >= 4 is 17.7 Å². The van der Waals surface area contributed by atoms with Gasteiger partial charge in [0.25, 0.3) is 5.56 Å². The third-order valence-corrected chi connectivity index (χ3v) is 3.56. The molecular formula is C10H15N3O4S. The highest BCUT2D eigenvalue weighted by Gasteiger charge is 2.16. The molecule has 1 atom stereocenters. The summed E-state index contributed by atoms with van der Waals surface area (Å²) < 4.78 is 6.66. The molecule has 1 rings (SSSR count). The van der Waals surface area contributed by atoms with Crippen molar-refractivity contribution in [3.63, 3.8) is 0 Å². The molecule has 1 heterocycles. The Labute approximate surface area is 108 Å². The predicted molar refractivity (Wildman–Crippen MR) is 66.6 cm³/mol. The van der Waals surface area contributed by atoms with Gasteiger partial charge < -0.3 is 4.74 Å². The maximum atomic E-state index is 11.7. The Kier molecular flexibility index (Phi) is 4.71. The molecular weight excluding hydrogens is 258 g/mol. The van der Waals surface area contributed by atoms with E-state index in [0.717, 1.165) is 21.0 Å². The summed E-state index contributed by atoms with van der Waals surface area (Å²) >= 11 is 1.13. The van der Waals surface area contributed by atoms with Crippen molar-refractivity contribution in [2.75, 3.05) is 12.9 Å². The molecule has 7 nitrogen and oxygen atoms in total. The second-order valence-electron chi connectivity index (χ2n) is 3.81. The predicted octanol–water partition coefficient (Wildman–Crippen LogP) is -0.620. The van der Waals surface area contributed by atoms with E-state index in [9.17, 15) is 14.4 Å². The number of nitrogens with zero attached hydrogens (tertiary/aromatic N) is 3. The van der Waals surface area contributed by atoms with Crippen molar-refractivity contribution in [3.05, 3.63) is 20.8 Å². The lowest BCUT2D eigenvalue weighted by molar-refractivity contribution is -0.143. The molecule has 0 N–H and O–H groups in total. The van der Waals surface area contributed by atoms with Gasteiger partial charge >= 0.3 is 11.7 Å². The number of methoxy groups -OCH3 is 1. The average Bonchev–Trinajstić information content (AvgIpc) is 2.37. The Morgan fingerprint density at radius 3 is 2.61 bits per heavy atom. The molecule has 0 aliphatic rings. The lowest BCUT2D eigenvalue weighted by Crippen LogP contribution is -2.39. The first-order valence-electron chi connectivity index (χ1n) is 5.23. The molecule has 0 radical (unpaired) electrons. The van der Waals surface area contributed by atoms with Gasteiger partial charge in [0.05, 0.1) is 13.0 Å². The maximum absolute atomic E-state index is 11.7. The second-order valence-corrected chi connectivity index (χ2v) is 4.82. The number of hydrogen-bond acceptors (Lipinski definition) is 6. The fraction of sp³-hybridized carbons (Fsp3) is 0.600. The van der Waals surface area contributed by atoms with Crippen LogP contribution in [0.1, 0.15) is 6.92 Å². The lowest BCUT2D eigenvalue weighted by atomic mass is 10.2. The van der Waals surface area contributed by atoms with Crippen LogP contribution in [0, 0.1) is 5.92 Å². The summed E-state index contributed by atoms with van der Waals surface area (Å²) in [5, 5.41) is 4.06. The molecule has 1 unspecified atom stereocenters. The van der Waals surface area contributed by atoms with Gasteiger partial charge in [0, 0.05) is 19.8 Å². The van der Waals surface area contributed by atoms with Crippen molar-refractivity contribution in [2.24, 2.45) is 20.0 Å². The molecule has 100 valence electrons. The molecule has 18 heavy (non-hydrogen) atoms. The smallest absolute Gasteiger partial charge is 0.346 e. The van der Waals surface area contributed by atoms with Crippen LogP contribution in [0.4, 0.5) is 0 Å². The van der Waals surface area contributed by atoms with E-state index in [1.54, 1.807) is 6.92 Å². The van der Waals surface area contributed by atoms with Crippen LogP contribution in [0.15, 0.2) is 14.6 Å². The zero-order valence-corrected chi connectivity index (χ0v) is 11.5. The number of aromatic nitrogens is 3. The molecule has 0 aliphatic carbocycles. The van der Waals surface area contributed by atoms with Crippen LogP contribution in [-0.2, 0) is 23.6 Å². The van der Waals surface area contributed by atoms with Gasteiger partial charge in [-0.15, -0.1) is 0 Å². The summed E-state index contributed by atoms with van der Waals surface area (Å²) in [6.07, 6.45) is 0. The van der Waals surface area contributed by atoms with Crippen LogP contribution in [0.5, 0.6) is 0 Å². The molecule has 1 aromatic rings. The average molecular weight is 273 g/mol. The number of ether oxygens (including phenoxy) is 1. The van der Waals surface area contributed by atoms with Crippen molar-refractivity contribution in [2.45, 2.75) is 11.9 Å². The van der Waals surface area contributed by atoms with Crippen LogP contribution in [0.2, 0.25) is 0 Å². The number of aryl methyl sites for hydroxylation is 1. The summed E-state index contributed by atoms with van der Waals surface area (Å²) in [5.41, 5.74) is -0.939. The number of thioether (sulfide) groups is 1. The van der Waals surface area contributed by atoms with Gasteiger partial charge in [-0.3, -0.25) is 14.2 Å². The maximum Gasteiger partial charge on any atom is 0.346 e. The zero-order chi connectivity index (χ0) is 13.9. The largest absolute Gasteiger partial charge is 0.469 e. The van der Waals surface area contributed by atoms with Crippen molar-refractivity contribution in [3.8, 4) is 0 Å². The minimum absolute atomic E-state index is 0.190. The van der Waals surface area contributed by atoms with Crippen LogP contribution >= 0.6 is 11.8 Å². The molecule has 1 aromatic heterocycles. The highest BCUT2D eigenvalue weighted by molar-refractivity contribution is 7.99. The Morgan fingerprint density at radius 1 is 1.44 bits per heavy atom. The van der Waals surface area contributed by atoms with E-state index in [0.29, 0.717) is 5.75 Å². The molecule has 0 amide bonds. The van der Waals surface area contributed by atoms with E-state index in [2.05, 4.69) is 9.84 Å². The van der Waals surface area contributed by atoms with Crippen molar-refractivity contribution in [1.29, 1.82) is 0 Å². The Balaban J connectivity index is 2.90. The van der Waals surface area contributed by atoms with Gasteiger partial charge in [0.1, 0.15) is 0 Å². The summed E-state index contributed by atoms with van der Waals surface area (Å²) in [5.74, 6) is -0.319. The van der Waals surface area contributed by atoms with Gasteiger partial charge in [0.15, 0.2) is 5.03 Å². The molecule has 0 bridgehead atoms. The monoisotopic (exact) mass is 273 g/mol. The van der Waals surface area contributed by atoms with Crippen LogP contribution in [0.25, 0.3) is 0 Å². The first-order valence-corrected chi connectivity index (χ1v) is 6.22. The van der Waals surface area contributed by atoms with E-state index in [1.807, 2.05) is 0 Å². The molecule has 0 aromatic carbocycles. The van der Waals surface area contributed by atoms with Crippen molar-refractivity contribution in [1.82, 2.24) is 14.3 Å². The third-order valence-electron chi connectivity index (χ3n) is 2.37. The summed E-state index contributed by atoms with van der Waals surface area (Å²) in [7, 11) is 4.17. The van der Waals surface area contributed by atoms with Gasteiger partial charge in [-0.1, -0.05) is 18.7 Å². The number of carbonyl (C=O) groups is 1. The van der Waals surface area contributed by atoms with E-state index in [4.69, 9.17) is 0 Å². The van der Waals surface area contributed by atoms with E-state index < -0.39 is 11.2 Å². The van der Waals surface area contributed by atoms with E-state index in [1.165, 1.54) is 21.2 Å². The first kappa shape index (κ1) is 14.5. The van der Waals surface area contributed by atoms with Gasteiger partial charge in [-0.05, 0) is 0 Å². The SMILES string of the molecule is COC(=O)C(C)CSc1nn(C)c(=O)n(C)c1=O. The Bertz CT molecular complexity index is 563. The Morgan fingerprint density at radius 2 is 2.06 bits per heavy atom. The number of hydrogen-bond donors (Lipinski definition) is 0. The van der Waals surface area contributed by atoms with Gasteiger partial charge in [0.2, 0.25) is 0 Å². The number of carbonyl (C=O) groups excluding carboxylic acids is 1. The molecule has 0 spiro atoms. The summed E-state index contributed by atoms with van der Waals surface area (Å²) in [6, 6.07) is 0. The lowest BCUT2D eigenvalue weighted by Gasteiger charge is -2.08. The highest BCUT2D eigenvalue weighted by Crippen LogP contribution is 2.14. The van der Waals surface area contributed by atoms with Gasteiger partial charge in [-0.2, -0.15) is 5.10 Å². The van der Waals surface area contributed by atoms with Crippen LogP contribution in [-0.4, -0.2) is 33.2 Å². The van der Waals surface area contributed by atoms with Crippen LogP contribution < -0.4 is 11.2 Å². The standard InChI is InChI=1S/C10H15N3O4S/c1-6(9(15)17-4)5-18-7-8(14)12(2)10(16)13(3)11-7/h6H,5H2,1-4H3. The van der Waals surface area contributed by atoms with Crippen LogP contribution in [0.3, 0.4) is 0 Å². The van der Waals surface area contributed by atoms with Crippen molar-refractivity contribution < 1.29 is 9.53 Å². The quantitative estimate of drug-likeness (QED) is 0.537. The minimum atomic E-state index is -0.481. The topological polar surface area (TPSA) is 83.2 Å². The fourth-order valence-electron chi connectivity index (χ4n) is 1.23. The normalized spacial score (nSPS) is 12.2. The highest BCUT2D eigenvalue weighted by atomic mass is 32.2. The molecule has 0 fully saturated rings. The molecule has 8 heteroatoms. The molecule has 0 saturated carbocycles. The van der Waals surface area contributed by atoms with Gasteiger partial charge in [-0.25, -0.2) is 9.48 Å². The van der Waals surface area contributed by atoms with E-state index >= 15 is 0 Å². The first-order chi connectivity index (χ1) is 8.38. The fourth-order valence-corrected chi connectivity index (χ4v) is 2.22.